The number of hydrogen-bond donors (Lipinski definition) is 2. The third-order valence-electron chi connectivity index (χ3n) is 3.24. The second-order valence-corrected chi connectivity index (χ2v) is 4.58. The van der Waals surface area contributed by atoms with Crippen LogP contribution in [0.2, 0.25) is 0 Å². The molecule has 0 radical (unpaired) electrons. The highest BCUT2D eigenvalue weighted by Crippen LogP contribution is 2.26. The van der Waals surface area contributed by atoms with Crippen LogP contribution < -0.4 is 10.6 Å². The van der Waals surface area contributed by atoms with Crippen LogP contribution in [0.4, 0.5) is 8.78 Å². The minimum atomic E-state index is -0.844. The van der Waals surface area contributed by atoms with Crippen molar-refractivity contribution < 1.29 is 13.6 Å². The molecule has 0 bridgehead atoms. The normalized spacial score (nSPS) is 23.7. The highest BCUT2D eigenvalue weighted by atomic mass is 19.2. The lowest BCUT2D eigenvalue weighted by atomic mass is 9.86. The van der Waals surface area contributed by atoms with Crippen molar-refractivity contribution >= 4 is 5.91 Å². The van der Waals surface area contributed by atoms with E-state index in [-0.39, 0.29) is 17.9 Å². The summed E-state index contributed by atoms with van der Waals surface area (Å²) >= 11 is 0. The van der Waals surface area contributed by atoms with E-state index in [0.717, 1.165) is 24.6 Å². The molecule has 1 heterocycles. The van der Waals surface area contributed by atoms with Gasteiger partial charge in [-0.25, -0.2) is 8.78 Å². The molecular weight excluding hydrogens is 238 g/mol. The molecule has 98 valence electrons. The van der Waals surface area contributed by atoms with E-state index in [1.165, 1.54) is 13.0 Å². The van der Waals surface area contributed by atoms with Gasteiger partial charge in [0.15, 0.2) is 11.6 Å². The molecule has 1 saturated heterocycles. The van der Waals surface area contributed by atoms with E-state index in [9.17, 15) is 13.6 Å². The number of hydrogen-bond acceptors (Lipinski definition) is 2. The largest absolute Gasteiger partial charge is 0.352 e. The number of amides is 1. The molecule has 2 rings (SSSR count). The third kappa shape index (κ3) is 2.85. The van der Waals surface area contributed by atoms with Crippen LogP contribution in [0, 0.1) is 11.6 Å². The van der Waals surface area contributed by atoms with Crippen molar-refractivity contribution in [1.82, 2.24) is 10.6 Å². The smallest absolute Gasteiger partial charge is 0.217 e. The average Bonchev–Trinajstić information content (AvgIpc) is 2.33. The molecule has 2 N–H and O–H groups in total. The second-order valence-electron chi connectivity index (χ2n) is 4.58. The lowest BCUT2D eigenvalue weighted by molar-refractivity contribution is -0.119. The zero-order chi connectivity index (χ0) is 13.1. The number of piperidine rings is 1. The van der Waals surface area contributed by atoms with Crippen LogP contribution in [0.25, 0.3) is 0 Å². The van der Waals surface area contributed by atoms with Gasteiger partial charge in [-0.1, -0.05) is 6.07 Å². The molecule has 2 unspecified atom stereocenters. The number of carbonyl (C=O) groups excluding carboxylic acids is 1. The summed E-state index contributed by atoms with van der Waals surface area (Å²) in [6.07, 6.45) is 0.788. The number of nitrogens with one attached hydrogen (secondary N) is 2. The maximum atomic E-state index is 13.2. The molecule has 0 aromatic heterocycles. The van der Waals surface area contributed by atoms with Crippen molar-refractivity contribution in [3.8, 4) is 0 Å². The van der Waals surface area contributed by atoms with Crippen molar-refractivity contribution in [1.29, 1.82) is 0 Å². The Bertz CT molecular complexity index is 451. The maximum Gasteiger partial charge on any atom is 0.217 e. The molecule has 18 heavy (non-hydrogen) atoms. The maximum absolute atomic E-state index is 13.2. The molecule has 1 amide bonds. The van der Waals surface area contributed by atoms with Gasteiger partial charge in [0.25, 0.3) is 0 Å². The van der Waals surface area contributed by atoms with Gasteiger partial charge in [0.1, 0.15) is 0 Å². The van der Waals surface area contributed by atoms with Crippen LogP contribution in [0.15, 0.2) is 18.2 Å². The topological polar surface area (TPSA) is 41.1 Å². The fourth-order valence-corrected chi connectivity index (χ4v) is 2.41. The Kier molecular flexibility index (Phi) is 3.91. The minimum Gasteiger partial charge on any atom is -0.352 e. The van der Waals surface area contributed by atoms with Crippen LogP contribution >= 0.6 is 0 Å². The molecule has 0 aliphatic carbocycles. The molecule has 1 fully saturated rings. The summed E-state index contributed by atoms with van der Waals surface area (Å²) in [5.74, 6) is -1.78. The Hall–Kier alpha value is -1.49. The molecule has 5 heteroatoms. The summed E-state index contributed by atoms with van der Waals surface area (Å²) in [5, 5.41) is 6.03. The van der Waals surface area contributed by atoms with Gasteiger partial charge in [0.05, 0.1) is 0 Å². The molecule has 0 spiro atoms. The van der Waals surface area contributed by atoms with E-state index in [4.69, 9.17) is 0 Å². The Labute approximate surface area is 105 Å². The predicted octanol–water partition coefficient (Wildman–Crippen LogP) is 1.55. The van der Waals surface area contributed by atoms with E-state index in [2.05, 4.69) is 10.6 Å². The van der Waals surface area contributed by atoms with Crippen molar-refractivity contribution in [2.45, 2.75) is 25.3 Å². The molecule has 0 saturated carbocycles. The molecule has 1 aliphatic heterocycles. The van der Waals surface area contributed by atoms with E-state index in [0.29, 0.717) is 6.54 Å². The minimum absolute atomic E-state index is 0.0187. The van der Waals surface area contributed by atoms with Gasteiger partial charge < -0.3 is 10.6 Å². The second kappa shape index (κ2) is 5.44. The highest BCUT2D eigenvalue weighted by Gasteiger charge is 2.27. The molecule has 1 aliphatic rings. The van der Waals surface area contributed by atoms with Crippen molar-refractivity contribution in [2.24, 2.45) is 0 Å². The lowest BCUT2D eigenvalue weighted by Crippen LogP contribution is -2.49. The average molecular weight is 254 g/mol. The van der Waals surface area contributed by atoms with Crippen molar-refractivity contribution in [3.05, 3.63) is 35.4 Å². The van der Waals surface area contributed by atoms with Gasteiger partial charge in [-0.3, -0.25) is 4.79 Å². The fourth-order valence-electron chi connectivity index (χ4n) is 2.41. The Balaban J connectivity index is 2.22. The van der Waals surface area contributed by atoms with Gasteiger partial charge in [0.2, 0.25) is 5.91 Å². The first-order valence-electron chi connectivity index (χ1n) is 6.00. The summed E-state index contributed by atoms with van der Waals surface area (Å²) in [7, 11) is 0. The first-order chi connectivity index (χ1) is 8.58. The molecule has 1 aromatic rings. The number of halogens is 2. The summed E-state index contributed by atoms with van der Waals surface area (Å²) < 4.78 is 26.2. The predicted molar refractivity (Wildman–Crippen MR) is 64.2 cm³/mol. The number of carbonyl (C=O) groups is 1. The quantitative estimate of drug-likeness (QED) is 0.840. The summed E-state index contributed by atoms with van der Waals surface area (Å²) in [5.41, 5.74) is 0.731. The summed E-state index contributed by atoms with van der Waals surface area (Å²) in [6.45, 7) is 2.90. The van der Waals surface area contributed by atoms with Gasteiger partial charge >= 0.3 is 0 Å². The van der Waals surface area contributed by atoms with Crippen LogP contribution in [0.5, 0.6) is 0 Å². The van der Waals surface area contributed by atoms with Crippen molar-refractivity contribution in [3.63, 3.8) is 0 Å². The standard InChI is InChI=1S/C13H16F2N2O/c1-8(18)17-13-7-16-5-4-10(13)9-2-3-11(14)12(15)6-9/h2-3,6,10,13,16H,4-5,7H2,1H3,(H,17,18). The van der Waals surface area contributed by atoms with E-state index in [1.54, 1.807) is 6.07 Å². The third-order valence-corrected chi connectivity index (χ3v) is 3.24. The first-order valence-corrected chi connectivity index (χ1v) is 6.00. The molecule has 2 atom stereocenters. The van der Waals surface area contributed by atoms with Gasteiger partial charge in [0, 0.05) is 25.4 Å². The SMILES string of the molecule is CC(=O)NC1CNCCC1c1ccc(F)c(F)c1. The molecular formula is C13H16F2N2O. The highest BCUT2D eigenvalue weighted by molar-refractivity contribution is 5.73. The Morgan fingerprint density at radius 1 is 1.39 bits per heavy atom. The van der Waals surface area contributed by atoms with Crippen LogP contribution in [0.3, 0.4) is 0 Å². The Morgan fingerprint density at radius 2 is 2.17 bits per heavy atom. The lowest BCUT2D eigenvalue weighted by Gasteiger charge is -2.33. The number of benzene rings is 1. The van der Waals surface area contributed by atoms with Gasteiger partial charge in [-0.05, 0) is 30.7 Å². The van der Waals surface area contributed by atoms with Gasteiger partial charge in [-0.2, -0.15) is 0 Å². The summed E-state index contributed by atoms with van der Waals surface area (Å²) in [4.78, 5) is 11.1. The zero-order valence-electron chi connectivity index (χ0n) is 10.2. The molecule has 1 aromatic carbocycles. The van der Waals surface area contributed by atoms with Gasteiger partial charge in [-0.15, -0.1) is 0 Å². The zero-order valence-corrected chi connectivity index (χ0v) is 10.2. The summed E-state index contributed by atoms with van der Waals surface area (Å²) in [6, 6.07) is 3.86. The van der Waals surface area contributed by atoms with Crippen molar-refractivity contribution in [2.75, 3.05) is 13.1 Å². The van der Waals surface area contributed by atoms with E-state index in [1.807, 2.05) is 0 Å². The Morgan fingerprint density at radius 3 is 2.83 bits per heavy atom. The number of rotatable bonds is 2. The van der Waals surface area contributed by atoms with Crippen LogP contribution in [0.1, 0.15) is 24.8 Å². The van der Waals surface area contributed by atoms with E-state index < -0.39 is 11.6 Å². The molecule has 3 nitrogen and oxygen atoms in total. The van der Waals surface area contributed by atoms with Crippen LogP contribution in [-0.2, 0) is 4.79 Å². The van der Waals surface area contributed by atoms with Crippen LogP contribution in [-0.4, -0.2) is 25.0 Å². The monoisotopic (exact) mass is 254 g/mol. The first kappa shape index (κ1) is 13.0. The van der Waals surface area contributed by atoms with E-state index >= 15 is 0 Å². The fraction of sp³-hybridized carbons (Fsp3) is 0.462.